The molecule has 1 saturated carbocycles. The Balaban J connectivity index is 1.69. The Morgan fingerprint density at radius 3 is 2.95 bits per heavy atom. The van der Waals surface area contributed by atoms with Crippen LogP contribution in [0.5, 0.6) is 0 Å². The molecule has 3 atom stereocenters. The maximum atomic E-state index is 5.83. The standard InChI is InChI=1S/C15H27N3O/c1-4-15(3)13(11-14(15)19-5-2)17-7-6-9-18-10-8-16-12-18/h8,10,12-14,17H,4-7,9,11H2,1-3H3. The first-order chi connectivity index (χ1) is 9.20. The van der Waals surface area contributed by atoms with Gasteiger partial charge >= 0.3 is 0 Å². The third kappa shape index (κ3) is 3.18. The van der Waals surface area contributed by atoms with E-state index in [1.807, 2.05) is 18.7 Å². The van der Waals surface area contributed by atoms with E-state index in [4.69, 9.17) is 4.74 Å². The number of ether oxygens (including phenoxy) is 1. The number of hydrogen-bond donors (Lipinski definition) is 1. The third-order valence-electron chi connectivity index (χ3n) is 4.65. The van der Waals surface area contributed by atoms with Gasteiger partial charge in [0.05, 0.1) is 12.4 Å². The van der Waals surface area contributed by atoms with Gasteiger partial charge in [-0.1, -0.05) is 13.8 Å². The Kier molecular flexibility index (Phi) is 4.99. The van der Waals surface area contributed by atoms with Crippen LogP contribution in [0.25, 0.3) is 0 Å². The number of nitrogens with zero attached hydrogens (tertiary/aromatic N) is 2. The van der Waals surface area contributed by atoms with Crippen LogP contribution in [0.15, 0.2) is 18.7 Å². The molecule has 4 heteroatoms. The first-order valence-corrected chi connectivity index (χ1v) is 7.51. The molecule has 0 aliphatic heterocycles. The van der Waals surface area contributed by atoms with E-state index in [1.165, 1.54) is 6.42 Å². The van der Waals surface area contributed by atoms with Gasteiger partial charge in [0, 0.05) is 37.0 Å². The van der Waals surface area contributed by atoms with Crippen molar-refractivity contribution in [3.8, 4) is 0 Å². The molecule has 1 N–H and O–H groups in total. The molecule has 1 aliphatic carbocycles. The fraction of sp³-hybridized carbons (Fsp3) is 0.800. The molecule has 4 nitrogen and oxygen atoms in total. The normalized spacial score (nSPS) is 30.3. The molecule has 0 aromatic carbocycles. The van der Waals surface area contributed by atoms with Gasteiger partial charge in [0.1, 0.15) is 0 Å². The molecule has 3 unspecified atom stereocenters. The summed E-state index contributed by atoms with van der Waals surface area (Å²) in [4.78, 5) is 4.06. The Bertz CT molecular complexity index is 365. The Labute approximate surface area is 116 Å². The molecule has 0 radical (unpaired) electrons. The number of aryl methyl sites for hydroxylation is 1. The van der Waals surface area contributed by atoms with E-state index in [-0.39, 0.29) is 0 Å². The summed E-state index contributed by atoms with van der Waals surface area (Å²) in [6, 6.07) is 0.608. The first-order valence-electron chi connectivity index (χ1n) is 7.51. The van der Waals surface area contributed by atoms with Gasteiger partial charge in [0.15, 0.2) is 0 Å². The smallest absolute Gasteiger partial charge is 0.0945 e. The lowest BCUT2D eigenvalue weighted by Crippen LogP contribution is -2.62. The van der Waals surface area contributed by atoms with Gasteiger partial charge in [-0.05, 0) is 32.7 Å². The van der Waals surface area contributed by atoms with Crippen LogP contribution in [0.2, 0.25) is 0 Å². The van der Waals surface area contributed by atoms with Gasteiger partial charge in [-0.2, -0.15) is 0 Å². The lowest BCUT2D eigenvalue weighted by molar-refractivity contribution is -0.125. The van der Waals surface area contributed by atoms with Crippen molar-refractivity contribution in [3.63, 3.8) is 0 Å². The summed E-state index contributed by atoms with van der Waals surface area (Å²) in [7, 11) is 0. The predicted octanol–water partition coefficient (Wildman–Crippen LogP) is 2.46. The van der Waals surface area contributed by atoms with Crippen molar-refractivity contribution in [1.29, 1.82) is 0 Å². The Hall–Kier alpha value is -0.870. The number of hydrogen-bond acceptors (Lipinski definition) is 3. The number of rotatable bonds is 8. The average Bonchev–Trinajstić information content (AvgIpc) is 2.93. The minimum Gasteiger partial charge on any atom is -0.378 e. The van der Waals surface area contributed by atoms with Crippen LogP contribution in [0.3, 0.4) is 0 Å². The predicted molar refractivity (Wildman–Crippen MR) is 77.1 cm³/mol. The lowest BCUT2D eigenvalue weighted by Gasteiger charge is -2.53. The minimum atomic E-state index is 0.311. The Morgan fingerprint density at radius 1 is 1.47 bits per heavy atom. The fourth-order valence-electron chi connectivity index (χ4n) is 3.02. The summed E-state index contributed by atoms with van der Waals surface area (Å²) >= 11 is 0. The summed E-state index contributed by atoms with van der Waals surface area (Å²) in [5, 5.41) is 3.70. The first kappa shape index (κ1) is 14.5. The van der Waals surface area contributed by atoms with E-state index >= 15 is 0 Å². The fourth-order valence-corrected chi connectivity index (χ4v) is 3.02. The van der Waals surface area contributed by atoms with Gasteiger partial charge in [0.25, 0.3) is 0 Å². The van der Waals surface area contributed by atoms with Crippen LogP contribution in [0, 0.1) is 5.41 Å². The quantitative estimate of drug-likeness (QED) is 0.734. The molecule has 1 aromatic heterocycles. The molecule has 1 heterocycles. The molecule has 0 saturated heterocycles. The van der Waals surface area contributed by atoms with Gasteiger partial charge in [-0.15, -0.1) is 0 Å². The molecule has 0 bridgehead atoms. The summed E-state index contributed by atoms with van der Waals surface area (Å²) in [6.45, 7) is 9.64. The third-order valence-corrected chi connectivity index (χ3v) is 4.65. The zero-order chi connectivity index (χ0) is 13.7. The SMILES string of the molecule is CCOC1CC(NCCCn2ccnc2)C1(C)CC. The van der Waals surface area contributed by atoms with Crippen LogP contribution < -0.4 is 5.32 Å². The van der Waals surface area contributed by atoms with Gasteiger partial charge in [0.2, 0.25) is 0 Å². The highest BCUT2D eigenvalue weighted by atomic mass is 16.5. The second-order valence-corrected chi connectivity index (χ2v) is 5.70. The molecule has 1 aromatic rings. The monoisotopic (exact) mass is 265 g/mol. The highest BCUT2D eigenvalue weighted by Crippen LogP contribution is 2.45. The lowest BCUT2D eigenvalue weighted by atomic mass is 9.61. The van der Waals surface area contributed by atoms with Crippen molar-refractivity contribution in [3.05, 3.63) is 18.7 Å². The van der Waals surface area contributed by atoms with Crippen LogP contribution in [-0.4, -0.2) is 34.8 Å². The molecule has 1 fully saturated rings. The van der Waals surface area contributed by atoms with E-state index in [1.54, 1.807) is 0 Å². The number of nitrogens with one attached hydrogen (secondary N) is 1. The second-order valence-electron chi connectivity index (χ2n) is 5.70. The van der Waals surface area contributed by atoms with E-state index in [0.29, 0.717) is 17.6 Å². The zero-order valence-electron chi connectivity index (χ0n) is 12.4. The van der Waals surface area contributed by atoms with E-state index in [2.05, 4.69) is 35.6 Å². The van der Waals surface area contributed by atoms with Crippen molar-refractivity contribution in [2.24, 2.45) is 5.41 Å². The van der Waals surface area contributed by atoms with Gasteiger partial charge in [-0.25, -0.2) is 4.98 Å². The van der Waals surface area contributed by atoms with E-state index in [9.17, 15) is 0 Å². The molecule has 0 amide bonds. The van der Waals surface area contributed by atoms with Crippen LogP contribution in [-0.2, 0) is 11.3 Å². The van der Waals surface area contributed by atoms with Gasteiger partial charge in [-0.3, -0.25) is 0 Å². The molecule has 0 spiro atoms. The van der Waals surface area contributed by atoms with E-state index < -0.39 is 0 Å². The van der Waals surface area contributed by atoms with Crippen molar-refractivity contribution >= 4 is 0 Å². The number of imidazole rings is 1. The Morgan fingerprint density at radius 2 is 2.32 bits per heavy atom. The molecule has 1 aliphatic rings. The molecule has 19 heavy (non-hydrogen) atoms. The van der Waals surface area contributed by atoms with Crippen molar-refractivity contribution in [2.75, 3.05) is 13.2 Å². The van der Waals surface area contributed by atoms with Crippen molar-refractivity contribution < 1.29 is 4.74 Å². The molecule has 2 rings (SSSR count). The molecular weight excluding hydrogens is 238 g/mol. The highest BCUT2D eigenvalue weighted by molar-refractivity contribution is 5.04. The maximum absolute atomic E-state index is 5.83. The molecular formula is C15H27N3O. The second kappa shape index (κ2) is 6.53. The van der Waals surface area contributed by atoms with Crippen molar-refractivity contribution in [1.82, 2.24) is 14.9 Å². The molecule has 108 valence electrons. The minimum absolute atomic E-state index is 0.311. The summed E-state index contributed by atoms with van der Waals surface area (Å²) < 4.78 is 7.96. The number of aromatic nitrogens is 2. The van der Waals surface area contributed by atoms with Crippen LogP contribution in [0.1, 0.15) is 40.0 Å². The van der Waals surface area contributed by atoms with Crippen LogP contribution >= 0.6 is 0 Å². The van der Waals surface area contributed by atoms with Crippen molar-refractivity contribution in [2.45, 2.75) is 58.7 Å². The van der Waals surface area contributed by atoms with E-state index in [0.717, 1.165) is 32.5 Å². The average molecular weight is 265 g/mol. The topological polar surface area (TPSA) is 39.1 Å². The summed E-state index contributed by atoms with van der Waals surface area (Å²) in [6.07, 6.45) is 9.65. The largest absolute Gasteiger partial charge is 0.378 e. The summed E-state index contributed by atoms with van der Waals surface area (Å²) in [5.41, 5.74) is 0.311. The maximum Gasteiger partial charge on any atom is 0.0945 e. The van der Waals surface area contributed by atoms with Gasteiger partial charge < -0.3 is 14.6 Å². The highest BCUT2D eigenvalue weighted by Gasteiger charge is 2.50. The van der Waals surface area contributed by atoms with Crippen LogP contribution in [0.4, 0.5) is 0 Å². The zero-order valence-corrected chi connectivity index (χ0v) is 12.4. The summed E-state index contributed by atoms with van der Waals surface area (Å²) in [5.74, 6) is 0.